The highest BCUT2D eigenvalue weighted by molar-refractivity contribution is 5.94. The number of H-pyrrole nitrogens is 1. The molecule has 1 aromatic carbocycles. The van der Waals surface area contributed by atoms with Gasteiger partial charge >= 0.3 is 6.03 Å². The Hall–Kier alpha value is -3.13. The normalized spacial score (nSPS) is 17.6. The van der Waals surface area contributed by atoms with E-state index in [-0.39, 0.29) is 18.2 Å². The van der Waals surface area contributed by atoms with Gasteiger partial charge in [-0.3, -0.25) is 10.4 Å². The number of carbonyl (C=O) groups is 1. The predicted molar refractivity (Wildman–Crippen MR) is 104 cm³/mol. The van der Waals surface area contributed by atoms with Crippen molar-refractivity contribution in [1.29, 1.82) is 0 Å². The first-order valence-corrected chi connectivity index (χ1v) is 9.00. The highest BCUT2D eigenvalue weighted by Gasteiger charge is 2.28. The minimum absolute atomic E-state index is 0.0283. The molecule has 27 heavy (non-hydrogen) atoms. The predicted octanol–water partition coefficient (Wildman–Crippen LogP) is 3.04. The Balaban J connectivity index is 1.49. The monoisotopic (exact) mass is 366 g/mol. The number of pyridine rings is 1. The van der Waals surface area contributed by atoms with Crippen LogP contribution in [0, 0.1) is 0 Å². The van der Waals surface area contributed by atoms with Gasteiger partial charge in [-0.25, -0.2) is 9.78 Å². The second kappa shape index (κ2) is 7.63. The lowest BCUT2D eigenvalue weighted by Crippen LogP contribution is -2.38. The maximum absolute atomic E-state index is 12.6. The molecule has 3 heterocycles. The standard InChI is InChI=1S/C19H22N6O2/c1-20-18-13-11-21-16(10-14(13)24-25-18)22-19(26)23-17(15-8-5-9-27-15)12-6-3-2-4-7-12/h2-4,6-7,10-11,15,17H,5,8-9H2,1H3,(H2,20,24,25)(H2,21,22,23,26)/t15-,17-/m0/s1. The van der Waals surface area contributed by atoms with Crippen LogP contribution in [0.4, 0.5) is 16.4 Å². The van der Waals surface area contributed by atoms with Crippen LogP contribution in [-0.4, -0.2) is 41.0 Å². The van der Waals surface area contributed by atoms with E-state index in [2.05, 4.69) is 31.1 Å². The van der Waals surface area contributed by atoms with Gasteiger partial charge in [0.2, 0.25) is 0 Å². The number of aromatic amines is 1. The van der Waals surface area contributed by atoms with Crippen molar-refractivity contribution < 1.29 is 9.53 Å². The number of amides is 2. The molecule has 1 saturated heterocycles. The van der Waals surface area contributed by atoms with Crippen LogP contribution in [0.25, 0.3) is 10.9 Å². The van der Waals surface area contributed by atoms with Crippen LogP contribution in [0.1, 0.15) is 24.4 Å². The van der Waals surface area contributed by atoms with E-state index in [9.17, 15) is 4.79 Å². The van der Waals surface area contributed by atoms with Gasteiger partial charge in [0.05, 0.1) is 23.0 Å². The second-order valence-corrected chi connectivity index (χ2v) is 6.48. The molecule has 3 aromatic rings. The van der Waals surface area contributed by atoms with E-state index < -0.39 is 0 Å². The number of aromatic nitrogens is 3. The quantitative estimate of drug-likeness (QED) is 0.556. The molecule has 0 bridgehead atoms. The summed E-state index contributed by atoms with van der Waals surface area (Å²) in [6.07, 6.45) is 3.57. The van der Waals surface area contributed by atoms with Gasteiger partial charge in [0.25, 0.3) is 0 Å². The van der Waals surface area contributed by atoms with Crippen LogP contribution in [0.2, 0.25) is 0 Å². The molecule has 8 nitrogen and oxygen atoms in total. The zero-order chi connectivity index (χ0) is 18.6. The van der Waals surface area contributed by atoms with E-state index >= 15 is 0 Å². The molecule has 4 N–H and O–H groups in total. The average Bonchev–Trinajstić information content (AvgIpc) is 3.36. The fourth-order valence-corrected chi connectivity index (χ4v) is 3.38. The Kier molecular flexibility index (Phi) is 4.88. The molecule has 8 heteroatoms. The molecule has 0 aliphatic carbocycles. The summed E-state index contributed by atoms with van der Waals surface area (Å²) in [5, 5.41) is 16.8. The third-order valence-electron chi connectivity index (χ3n) is 4.71. The molecule has 0 spiro atoms. The molecule has 2 amide bonds. The van der Waals surface area contributed by atoms with Crippen LogP contribution in [-0.2, 0) is 4.74 Å². The summed E-state index contributed by atoms with van der Waals surface area (Å²) in [6, 6.07) is 11.1. The summed E-state index contributed by atoms with van der Waals surface area (Å²) >= 11 is 0. The topological polar surface area (TPSA) is 104 Å². The lowest BCUT2D eigenvalue weighted by Gasteiger charge is -2.24. The molecule has 4 rings (SSSR count). The molecule has 1 aliphatic rings. The number of anilines is 2. The van der Waals surface area contributed by atoms with Crippen molar-refractivity contribution in [3.63, 3.8) is 0 Å². The average molecular weight is 366 g/mol. The number of nitrogens with zero attached hydrogens (tertiary/aromatic N) is 2. The van der Waals surface area contributed by atoms with Crippen LogP contribution in [0.5, 0.6) is 0 Å². The van der Waals surface area contributed by atoms with Crippen LogP contribution >= 0.6 is 0 Å². The SMILES string of the molecule is CNc1n[nH]c2cc(NC(=O)N[C@@H](c3ccccc3)[C@@H]3CCCO3)ncc12. The van der Waals surface area contributed by atoms with Gasteiger partial charge in [-0.05, 0) is 18.4 Å². The van der Waals surface area contributed by atoms with Crippen molar-refractivity contribution in [2.24, 2.45) is 0 Å². The number of carbonyl (C=O) groups excluding carboxylic acids is 1. The smallest absolute Gasteiger partial charge is 0.320 e. The second-order valence-electron chi connectivity index (χ2n) is 6.48. The molecule has 1 aliphatic heterocycles. The van der Waals surface area contributed by atoms with E-state index in [1.165, 1.54) is 0 Å². The minimum atomic E-state index is -0.320. The molecule has 2 aromatic heterocycles. The van der Waals surface area contributed by atoms with Crippen molar-refractivity contribution in [3.8, 4) is 0 Å². The highest BCUT2D eigenvalue weighted by atomic mass is 16.5. The first-order chi connectivity index (χ1) is 13.2. The highest BCUT2D eigenvalue weighted by Crippen LogP contribution is 2.27. The third-order valence-corrected chi connectivity index (χ3v) is 4.71. The van der Waals surface area contributed by atoms with Crippen molar-refractivity contribution in [1.82, 2.24) is 20.5 Å². The molecular formula is C19H22N6O2. The Bertz CT molecular complexity index is 920. The Morgan fingerprint density at radius 2 is 2.19 bits per heavy atom. The van der Waals surface area contributed by atoms with E-state index in [0.29, 0.717) is 5.82 Å². The molecule has 140 valence electrons. The number of hydrogen-bond donors (Lipinski definition) is 4. The van der Waals surface area contributed by atoms with Gasteiger partial charge in [-0.2, -0.15) is 5.10 Å². The molecule has 0 radical (unpaired) electrons. The van der Waals surface area contributed by atoms with E-state index in [0.717, 1.165) is 41.7 Å². The Morgan fingerprint density at radius 1 is 1.33 bits per heavy atom. The van der Waals surface area contributed by atoms with Gasteiger partial charge in [-0.1, -0.05) is 30.3 Å². The molecule has 0 saturated carbocycles. The number of fused-ring (bicyclic) bond motifs is 1. The maximum Gasteiger partial charge on any atom is 0.320 e. The van der Waals surface area contributed by atoms with Crippen LogP contribution in [0.15, 0.2) is 42.6 Å². The zero-order valence-electron chi connectivity index (χ0n) is 15.0. The summed E-state index contributed by atoms with van der Waals surface area (Å²) in [4.78, 5) is 16.9. The minimum Gasteiger partial charge on any atom is -0.376 e. The van der Waals surface area contributed by atoms with Gasteiger partial charge in [0.1, 0.15) is 5.82 Å². The van der Waals surface area contributed by atoms with Crippen molar-refractivity contribution >= 4 is 28.6 Å². The largest absolute Gasteiger partial charge is 0.376 e. The summed E-state index contributed by atoms with van der Waals surface area (Å²) in [6.45, 7) is 0.725. The van der Waals surface area contributed by atoms with Crippen molar-refractivity contribution in [3.05, 3.63) is 48.2 Å². The fourth-order valence-electron chi connectivity index (χ4n) is 3.38. The third kappa shape index (κ3) is 3.70. The molecule has 0 unspecified atom stereocenters. The van der Waals surface area contributed by atoms with E-state index in [1.54, 1.807) is 19.3 Å². The first-order valence-electron chi connectivity index (χ1n) is 9.00. The summed E-state index contributed by atoms with van der Waals surface area (Å²) in [7, 11) is 1.80. The zero-order valence-corrected chi connectivity index (χ0v) is 15.0. The van der Waals surface area contributed by atoms with Gasteiger partial charge in [-0.15, -0.1) is 0 Å². The molecule has 2 atom stereocenters. The molecule has 1 fully saturated rings. The number of benzene rings is 1. The van der Waals surface area contributed by atoms with Gasteiger partial charge in [0, 0.05) is 25.9 Å². The number of nitrogens with one attached hydrogen (secondary N) is 4. The summed E-state index contributed by atoms with van der Waals surface area (Å²) in [5.41, 5.74) is 1.82. The first kappa shape index (κ1) is 17.3. The van der Waals surface area contributed by atoms with Gasteiger partial charge < -0.3 is 15.4 Å². The van der Waals surface area contributed by atoms with E-state index in [1.807, 2.05) is 30.3 Å². The van der Waals surface area contributed by atoms with Gasteiger partial charge in [0.15, 0.2) is 5.82 Å². The Labute approximate surface area is 156 Å². The van der Waals surface area contributed by atoms with Crippen molar-refractivity contribution in [2.45, 2.75) is 25.0 Å². The fraction of sp³-hybridized carbons (Fsp3) is 0.316. The summed E-state index contributed by atoms with van der Waals surface area (Å²) < 4.78 is 5.82. The van der Waals surface area contributed by atoms with E-state index in [4.69, 9.17) is 4.74 Å². The van der Waals surface area contributed by atoms with Crippen LogP contribution in [0.3, 0.4) is 0 Å². The number of rotatable bonds is 5. The number of urea groups is 1. The summed E-state index contributed by atoms with van der Waals surface area (Å²) in [5.74, 6) is 1.17. The number of ether oxygens (including phenoxy) is 1. The van der Waals surface area contributed by atoms with Crippen LogP contribution < -0.4 is 16.0 Å². The lowest BCUT2D eigenvalue weighted by molar-refractivity contribution is 0.0815. The maximum atomic E-state index is 12.6. The Morgan fingerprint density at radius 3 is 2.93 bits per heavy atom. The molecular weight excluding hydrogens is 344 g/mol. The lowest BCUT2D eigenvalue weighted by atomic mass is 9.99. The number of hydrogen-bond acceptors (Lipinski definition) is 5. The van der Waals surface area contributed by atoms with Crippen molar-refractivity contribution in [2.75, 3.05) is 24.3 Å².